The van der Waals surface area contributed by atoms with E-state index in [0.717, 1.165) is 31.2 Å². The van der Waals surface area contributed by atoms with Crippen molar-refractivity contribution in [1.29, 1.82) is 0 Å². The summed E-state index contributed by atoms with van der Waals surface area (Å²) in [6.07, 6.45) is 3.30. The molecule has 0 aliphatic heterocycles. The van der Waals surface area contributed by atoms with Gasteiger partial charge in [0.1, 0.15) is 6.29 Å². The van der Waals surface area contributed by atoms with E-state index in [0.29, 0.717) is 18.0 Å². The third-order valence-corrected chi connectivity index (χ3v) is 3.41. The maximum absolute atomic E-state index is 10.7. The number of aldehydes is 1. The molecule has 19 heavy (non-hydrogen) atoms. The van der Waals surface area contributed by atoms with Gasteiger partial charge in [0.15, 0.2) is 0 Å². The van der Waals surface area contributed by atoms with Crippen molar-refractivity contribution in [2.24, 2.45) is 0 Å². The Morgan fingerprint density at radius 3 is 2.53 bits per heavy atom. The summed E-state index contributed by atoms with van der Waals surface area (Å²) in [5, 5.41) is 8.81. The van der Waals surface area contributed by atoms with Crippen molar-refractivity contribution >= 4 is 12.3 Å². The van der Waals surface area contributed by atoms with E-state index >= 15 is 0 Å². The van der Waals surface area contributed by atoms with Gasteiger partial charge < -0.3 is 14.8 Å². The van der Waals surface area contributed by atoms with Crippen molar-refractivity contribution in [1.82, 2.24) is 4.90 Å². The summed E-state index contributed by atoms with van der Waals surface area (Å²) in [4.78, 5) is 23.3. The average Bonchev–Trinajstić information content (AvgIpc) is 2.42. The van der Waals surface area contributed by atoms with Crippen LogP contribution in [0.4, 0.5) is 0 Å². The Balaban J connectivity index is 2.43. The maximum Gasteiger partial charge on any atom is 0.335 e. The quantitative estimate of drug-likeness (QED) is 0.731. The van der Waals surface area contributed by atoms with Gasteiger partial charge in [-0.15, -0.1) is 0 Å². The number of carboxylic acids is 1. The van der Waals surface area contributed by atoms with Crippen LogP contribution in [-0.4, -0.2) is 41.9 Å². The zero-order chi connectivity index (χ0) is 14.3. The molecule has 0 aliphatic rings. The van der Waals surface area contributed by atoms with Gasteiger partial charge in [-0.3, -0.25) is 0 Å². The molecule has 1 aromatic carbocycles. The second kappa shape index (κ2) is 7.69. The number of benzene rings is 1. The van der Waals surface area contributed by atoms with Crippen LogP contribution in [0.1, 0.15) is 35.7 Å². The van der Waals surface area contributed by atoms with E-state index in [1.54, 1.807) is 12.1 Å². The van der Waals surface area contributed by atoms with E-state index in [-0.39, 0.29) is 0 Å². The third kappa shape index (κ3) is 5.22. The molecule has 104 valence electrons. The Hall–Kier alpha value is -1.68. The van der Waals surface area contributed by atoms with Crippen molar-refractivity contribution in [3.63, 3.8) is 0 Å². The van der Waals surface area contributed by atoms with Crippen LogP contribution in [0.3, 0.4) is 0 Å². The average molecular weight is 263 g/mol. The van der Waals surface area contributed by atoms with Crippen LogP contribution in [0.2, 0.25) is 0 Å². The van der Waals surface area contributed by atoms with Gasteiger partial charge in [0, 0.05) is 19.0 Å². The Bertz CT molecular complexity index is 414. The second-order valence-corrected chi connectivity index (χ2v) is 4.83. The molecule has 0 radical (unpaired) electrons. The predicted octanol–water partition coefficient (Wildman–Crippen LogP) is 2.23. The molecule has 0 amide bonds. The lowest BCUT2D eigenvalue weighted by atomic mass is 10.1. The minimum absolute atomic E-state index is 0.316. The van der Waals surface area contributed by atoms with Crippen LogP contribution in [0, 0.1) is 0 Å². The second-order valence-electron chi connectivity index (χ2n) is 4.83. The number of aromatic carboxylic acids is 1. The summed E-state index contributed by atoms with van der Waals surface area (Å²) in [6, 6.07) is 7.35. The minimum Gasteiger partial charge on any atom is -0.478 e. The highest BCUT2D eigenvalue weighted by Gasteiger charge is 2.09. The lowest BCUT2D eigenvalue weighted by Crippen LogP contribution is -2.31. The van der Waals surface area contributed by atoms with Gasteiger partial charge in [-0.05, 0) is 44.5 Å². The first kappa shape index (κ1) is 15.4. The summed E-state index contributed by atoms with van der Waals surface area (Å²) in [5.74, 6) is -0.897. The van der Waals surface area contributed by atoms with Gasteiger partial charge in [0.2, 0.25) is 0 Å². The predicted molar refractivity (Wildman–Crippen MR) is 74.5 cm³/mol. The van der Waals surface area contributed by atoms with Crippen molar-refractivity contribution in [2.75, 3.05) is 13.6 Å². The van der Waals surface area contributed by atoms with Crippen LogP contribution in [-0.2, 0) is 11.2 Å². The number of hydrogen-bond acceptors (Lipinski definition) is 3. The molecular formula is C15H21NO3. The molecule has 0 saturated carbocycles. The molecule has 1 aromatic rings. The van der Waals surface area contributed by atoms with Crippen molar-refractivity contribution in [3.05, 3.63) is 35.4 Å². The van der Waals surface area contributed by atoms with Crippen LogP contribution in [0.15, 0.2) is 24.3 Å². The molecule has 1 unspecified atom stereocenters. The maximum atomic E-state index is 10.7. The molecule has 1 N–H and O–H groups in total. The number of carbonyl (C=O) groups is 2. The minimum atomic E-state index is -0.897. The summed E-state index contributed by atoms with van der Waals surface area (Å²) in [7, 11) is 2.04. The lowest BCUT2D eigenvalue weighted by molar-refractivity contribution is -0.108. The number of likely N-dealkylation sites (N-methyl/N-ethyl adjacent to an activating group) is 1. The number of hydrogen-bond donors (Lipinski definition) is 1. The summed E-state index contributed by atoms with van der Waals surface area (Å²) in [5.41, 5.74) is 1.44. The molecule has 4 heteroatoms. The highest BCUT2D eigenvalue weighted by Crippen LogP contribution is 2.08. The molecule has 0 heterocycles. The molecule has 0 spiro atoms. The fraction of sp³-hybridized carbons (Fsp3) is 0.467. The molecule has 0 saturated heterocycles. The number of nitrogens with zero attached hydrogens (tertiary/aromatic N) is 1. The van der Waals surface area contributed by atoms with Crippen molar-refractivity contribution in [2.45, 2.75) is 32.2 Å². The summed E-state index contributed by atoms with van der Waals surface area (Å²) < 4.78 is 0. The molecule has 0 aliphatic carbocycles. The Morgan fingerprint density at radius 2 is 2.00 bits per heavy atom. The first-order valence-electron chi connectivity index (χ1n) is 6.50. The molecule has 1 atom stereocenters. The topological polar surface area (TPSA) is 57.6 Å². The van der Waals surface area contributed by atoms with Gasteiger partial charge >= 0.3 is 5.97 Å². The van der Waals surface area contributed by atoms with Crippen molar-refractivity contribution in [3.8, 4) is 0 Å². The molecule has 0 aromatic heterocycles. The molecule has 0 bridgehead atoms. The van der Waals surface area contributed by atoms with Crippen LogP contribution >= 0.6 is 0 Å². The van der Waals surface area contributed by atoms with E-state index in [1.165, 1.54) is 0 Å². The van der Waals surface area contributed by atoms with E-state index in [4.69, 9.17) is 5.11 Å². The summed E-state index contributed by atoms with van der Waals surface area (Å²) in [6.45, 7) is 3.00. The fourth-order valence-corrected chi connectivity index (χ4v) is 1.87. The van der Waals surface area contributed by atoms with E-state index in [1.807, 2.05) is 19.2 Å². The Kier molecular flexibility index (Phi) is 6.22. The molecule has 0 fully saturated rings. The fourth-order valence-electron chi connectivity index (χ4n) is 1.87. The van der Waals surface area contributed by atoms with Gasteiger partial charge in [0.25, 0.3) is 0 Å². The standard InChI is InChI=1S/C15H21NO3/c1-12(4-3-11-17)16(2)10-9-13-5-7-14(8-6-13)15(18)19/h5-8,11-12H,3-4,9-10H2,1-2H3,(H,18,19). The van der Waals surface area contributed by atoms with Crippen molar-refractivity contribution < 1.29 is 14.7 Å². The normalized spacial score (nSPS) is 12.4. The van der Waals surface area contributed by atoms with Gasteiger partial charge in [-0.25, -0.2) is 4.79 Å². The smallest absolute Gasteiger partial charge is 0.335 e. The van der Waals surface area contributed by atoms with Crippen LogP contribution in [0.5, 0.6) is 0 Å². The SMILES string of the molecule is CC(CCC=O)N(C)CCc1ccc(C(=O)O)cc1. The largest absolute Gasteiger partial charge is 0.478 e. The third-order valence-electron chi connectivity index (χ3n) is 3.41. The molecule has 1 rings (SSSR count). The van der Waals surface area contributed by atoms with Crippen LogP contribution in [0.25, 0.3) is 0 Å². The zero-order valence-electron chi connectivity index (χ0n) is 11.5. The Labute approximate surface area is 114 Å². The first-order valence-corrected chi connectivity index (χ1v) is 6.50. The van der Waals surface area contributed by atoms with E-state index in [9.17, 15) is 9.59 Å². The van der Waals surface area contributed by atoms with E-state index in [2.05, 4.69) is 11.8 Å². The molecular weight excluding hydrogens is 242 g/mol. The Morgan fingerprint density at radius 1 is 1.37 bits per heavy atom. The highest BCUT2D eigenvalue weighted by molar-refractivity contribution is 5.87. The van der Waals surface area contributed by atoms with Crippen LogP contribution < -0.4 is 0 Å². The summed E-state index contributed by atoms with van der Waals surface area (Å²) >= 11 is 0. The number of carbonyl (C=O) groups excluding carboxylic acids is 1. The molecule has 4 nitrogen and oxygen atoms in total. The number of rotatable bonds is 8. The highest BCUT2D eigenvalue weighted by atomic mass is 16.4. The van der Waals surface area contributed by atoms with E-state index < -0.39 is 5.97 Å². The van der Waals surface area contributed by atoms with Gasteiger partial charge in [-0.1, -0.05) is 12.1 Å². The van der Waals surface area contributed by atoms with Gasteiger partial charge in [0.05, 0.1) is 5.56 Å². The first-order chi connectivity index (χ1) is 9.04. The lowest BCUT2D eigenvalue weighted by Gasteiger charge is -2.24. The van der Waals surface area contributed by atoms with Gasteiger partial charge in [-0.2, -0.15) is 0 Å². The monoisotopic (exact) mass is 263 g/mol. The zero-order valence-corrected chi connectivity index (χ0v) is 11.5. The number of carboxylic acid groups (broad SMARTS) is 1.